The Kier molecular flexibility index (Phi) is 8.40. The quantitative estimate of drug-likeness (QED) is 0.167. The predicted molar refractivity (Wildman–Crippen MR) is 285 cm³/mol. The van der Waals surface area contributed by atoms with E-state index in [9.17, 15) is 0 Å². The molecule has 1 spiro atoms. The highest BCUT2D eigenvalue weighted by Gasteiger charge is 2.51. The summed E-state index contributed by atoms with van der Waals surface area (Å²) in [7, 11) is 0. The topological polar surface area (TPSA) is 8.17 Å². The summed E-state index contributed by atoms with van der Waals surface area (Å²) in [4.78, 5) is 2.44. The molecule has 0 saturated heterocycles. The number of aromatic nitrogens is 1. The molecule has 0 radical (unpaired) electrons. The predicted octanol–water partition coefficient (Wildman–Crippen LogP) is 17.9. The van der Waals surface area contributed by atoms with Gasteiger partial charge in [0.15, 0.2) is 0 Å². The van der Waals surface area contributed by atoms with Crippen LogP contribution >= 0.6 is 23.2 Å². The maximum Gasteiger partial charge on any atom is 0.0755 e. The molecule has 11 aromatic rings. The van der Waals surface area contributed by atoms with E-state index in [0.29, 0.717) is 10.0 Å². The first-order chi connectivity index (χ1) is 33.3. The smallest absolute Gasteiger partial charge is 0.0755 e. The molecule has 2 nitrogen and oxygen atoms in total. The maximum atomic E-state index is 7.24. The van der Waals surface area contributed by atoms with Crippen LogP contribution in [0.2, 0.25) is 10.0 Å². The van der Waals surface area contributed by atoms with Crippen molar-refractivity contribution in [1.82, 2.24) is 4.57 Å². The number of nitrogens with zero attached hydrogens (tertiary/aromatic N) is 2. The summed E-state index contributed by atoms with van der Waals surface area (Å²) in [5, 5.41) is 3.60. The Hall–Kier alpha value is -7.62. The Labute approximate surface area is 405 Å². The number of fused-ring (bicyclic) bond motifs is 15. The molecule has 1 aromatic heterocycles. The van der Waals surface area contributed by atoms with Gasteiger partial charge < -0.3 is 9.47 Å². The first-order valence-electron chi connectivity index (χ1n) is 23.4. The fourth-order valence-corrected chi connectivity index (χ4v) is 12.8. The lowest BCUT2D eigenvalue weighted by molar-refractivity contribution is 0.660. The molecule has 0 N–H and O–H groups in total. The highest BCUT2D eigenvalue weighted by atomic mass is 35.5. The largest absolute Gasteiger partial charge is 0.310 e. The van der Waals surface area contributed by atoms with Crippen molar-refractivity contribution in [2.24, 2.45) is 0 Å². The van der Waals surface area contributed by atoms with Gasteiger partial charge in [0, 0.05) is 43.2 Å². The summed E-state index contributed by atoms with van der Waals surface area (Å²) in [6.45, 7) is 4.71. The van der Waals surface area contributed by atoms with Crippen molar-refractivity contribution in [2.45, 2.75) is 24.7 Å². The van der Waals surface area contributed by atoms with Crippen molar-refractivity contribution >= 4 is 62.1 Å². The van der Waals surface area contributed by atoms with E-state index in [2.05, 4.69) is 236 Å². The molecule has 10 aromatic carbocycles. The number of para-hydroxylation sites is 1. The van der Waals surface area contributed by atoms with Crippen molar-refractivity contribution in [3.8, 4) is 50.2 Å². The van der Waals surface area contributed by atoms with Gasteiger partial charge in [0.2, 0.25) is 0 Å². The van der Waals surface area contributed by atoms with Crippen LogP contribution in [0.25, 0.3) is 72.0 Å². The zero-order valence-electron chi connectivity index (χ0n) is 37.4. The van der Waals surface area contributed by atoms with Gasteiger partial charge in [-0.15, -0.1) is 0 Å². The SMILES string of the molecule is CC1(C)c2ccccc2-c2ccc(N(c3ccc(-c4ccc5c(c4)C4(c6ccccc6-c6ccccc64)c4cc(Cl)cc6c7cc(Cl)ccc7n-5c46)cc3)c3ccccc3-c3ccccc3)cc21. The Balaban J connectivity index is 0.974. The minimum Gasteiger partial charge on any atom is -0.310 e. The molecule has 2 aliphatic carbocycles. The fraction of sp³-hybridized carbons (Fsp3) is 0.0625. The molecule has 2 heterocycles. The van der Waals surface area contributed by atoms with Gasteiger partial charge in [-0.2, -0.15) is 0 Å². The van der Waals surface area contributed by atoms with Gasteiger partial charge in [-0.05, 0) is 145 Å². The Morgan fingerprint density at radius 2 is 0.971 bits per heavy atom. The van der Waals surface area contributed by atoms with Gasteiger partial charge in [-0.25, -0.2) is 0 Å². The highest BCUT2D eigenvalue weighted by molar-refractivity contribution is 6.33. The summed E-state index contributed by atoms with van der Waals surface area (Å²) in [6, 6.07) is 80.1. The summed E-state index contributed by atoms with van der Waals surface area (Å²) in [5.41, 5.74) is 23.4. The maximum absolute atomic E-state index is 7.24. The number of benzene rings is 10. The van der Waals surface area contributed by atoms with Crippen LogP contribution in [0.15, 0.2) is 218 Å². The molecule has 0 bridgehead atoms. The second kappa shape index (κ2) is 14.4. The van der Waals surface area contributed by atoms with Gasteiger partial charge in [-0.1, -0.05) is 183 Å². The average Bonchev–Trinajstić information content (AvgIpc) is 3.94. The van der Waals surface area contributed by atoms with Crippen LogP contribution in [0.3, 0.4) is 0 Å². The summed E-state index contributed by atoms with van der Waals surface area (Å²) in [6.07, 6.45) is 0. The number of anilines is 3. The molecule has 322 valence electrons. The van der Waals surface area contributed by atoms with Gasteiger partial charge in [-0.3, -0.25) is 0 Å². The number of rotatable bonds is 5. The normalized spacial score (nSPS) is 14.1. The molecule has 0 amide bonds. The van der Waals surface area contributed by atoms with Crippen LogP contribution in [0, 0.1) is 0 Å². The second-order valence-corrected chi connectivity index (χ2v) is 20.0. The Bertz CT molecular complexity index is 3870. The molecule has 14 rings (SSSR count). The van der Waals surface area contributed by atoms with Crippen LogP contribution in [-0.4, -0.2) is 4.57 Å². The van der Waals surface area contributed by atoms with Crippen LogP contribution in [0.1, 0.15) is 47.2 Å². The van der Waals surface area contributed by atoms with E-state index in [0.717, 1.165) is 55.7 Å². The molecule has 0 fully saturated rings. The van der Waals surface area contributed by atoms with Gasteiger partial charge in [0.05, 0.1) is 27.8 Å². The van der Waals surface area contributed by atoms with Crippen molar-refractivity contribution in [3.05, 3.63) is 262 Å². The lowest BCUT2D eigenvalue weighted by Crippen LogP contribution is -2.33. The monoisotopic (exact) mass is 908 g/mol. The molecule has 4 heteroatoms. The molecule has 0 saturated carbocycles. The zero-order chi connectivity index (χ0) is 45.5. The number of hydrogen-bond donors (Lipinski definition) is 0. The molecule has 68 heavy (non-hydrogen) atoms. The summed E-state index contributed by atoms with van der Waals surface area (Å²) >= 11 is 14.0. The third-order valence-electron chi connectivity index (χ3n) is 15.3. The van der Waals surface area contributed by atoms with E-state index in [-0.39, 0.29) is 5.41 Å². The number of hydrogen-bond acceptors (Lipinski definition) is 1. The zero-order valence-corrected chi connectivity index (χ0v) is 38.9. The van der Waals surface area contributed by atoms with E-state index >= 15 is 0 Å². The highest BCUT2D eigenvalue weighted by Crippen LogP contribution is 2.62. The van der Waals surface area contributed by atoms with E-state index in [1.165, 1.54) is 66.8 Å². The minimum absolute atomic E-state index is 0.141. The average molecular weight is 910 g/mol. The molecule has 0 unspecified atom stereocenters. The van der Waals surface area contributed by atoms with Crippen LogP contribution in [-0.2, 0) is 10.8 Å². The van der Waals surface area contributed by atoms with Crippen LogP contribution in [0.5, 0.6) is 0 Å². The lowest BCUT2D eigenvalue weighted by Gasteiger charge is -2.40. The fourth-order valence-electron chi connectivity index (χ4n) is 12.4. The van der Waals surface area contributed by atoms with Crippen LogP contribution in [0.4, 0.5) is 17.1 Å². The first-order valence-corrected chi connectivity index (χ1v) is 24.1. The lowest BCUT2D eigenvalue weighted by atomic mass is 9.65. The third-order valence-corrected chi connectivity index (χ3v) is 15.8. The third kappa shape index (κ3) is 5.36. The van der Waals surface area contributed by atoms with Crippen LogP contribution < -0.4 is 4.90 Å². The Morgan fingerprint density at radius 1 is 0.382 bits per heavy atom. The standard InChI is InChI=1S/C64H42Cl2N2/c1-63(2)53-20-10-6-17-47(53)50-31-30-45(38-56(50)63)67(59-23-13-9-16-46(59)40-14-4-3-5-15-40)44-28-24-39(25-29-44)41-26-32-61-57(34-41)64(54-21-11-7-18-48(54)49-19-8-12-22-55(49)64)58-37-43(66)36-52-51-35-42(65)27-33-60(51)68(61)62(52)58/h3-38H,1-2H3. The van der Waals surface area contributed by atoms with E-state index in [4.69, 9.17) is 23.2 Å². The van der Waals surface area contributed by atoms with Crippen molar-refractivity contribution in [1.29, 1.82) is 0 Å². The molecular formula is C64H42Cl2N2. The van der Waals surface area contributed by atoms with Gasteiger partial charge >= 0.3 is 0 Å². The molecular weight excluding hydrogens is 868 g/mol. The van der Waals surface area contributed by atoms with Gasteiger partial charge in [0.25, 0.3) is 0 Å². The molecule has 0 atom stereocenters. The summed E-state index contributed by atoms with van der Waals surface area (Å²) < 4.78 is 2.45. The van der Waals surface area contributed by atoms with Gasteiger partial charge in [0.1, 0.15) is 0 Å². The van der Waals surface area contributed by atoms with Crippen molar-refractivity contribution in [3.63, 3.8) is 0 Å². The van der Waals surface area contributed by atoms with E-state index in [1.54, 1.807) is 0 Å². The summed E-state index contributed by atoms with van der Waals surface area (Å²) in [5.74, 6) is 0. The number of halogens is 2. The Morgan fingerprint density at radius 3 is 1.71 bits per heavy atom. The van der Waals surface area contributed by atoms with E-state index < -0.39 is 5.41 Å². The van der Waals surface area contributed by atoms with Crippen molar-refractivity contribution < 1.29 is 0 Å². The second-order valence-electron chi connectivity index (χ2n) is 19.1. The molecule has 1 aliphatic heterocycles. The molecule has 3 aliphatic rings. The van der Waals surface area contributed by atoms with E-state index in [1.807, 2.05) is 6.07 Å². The first kappa shape index (κ1) is 39.5. The van der Waals surface area contributed by atoms with Crippen molar-refractivity contribution in [2.75, 3.05) is 4.90 Å². The minimum atomic E-state index is -0.630.